The molecule has 0 bridgehead atoms. The monoisotopic (exact) mass is 392 g/mol. The molecule has 0 aliphatic rings. The Kier molecular flexibility index (Phi) is 4.57. The molecule has 0 atom stereocenters. The number of nitrogens with zero attached hydrogens (tertiary/aromatic N) is 4. The predicted molar refractivity (Wildman–Crippen MR) is 109 cm³/mol. The second-order valence-corrected chi connectivity index (χ2v) is 7.71. The van der Waals surface area contributed by atoms with Crippen LogP contribution in [-0.4, -0.2) is 19.1 Å². The molecule has 0 spiro atoms. The van der Waals surface area contributed by atoms with Gasteiger partial charge in [-0.3, -0.25) is 9.13 Å². The van der Waals surface area contributed by atoms with Crippen LogP contribution in [0.15, 0.2) is 60.9 Å². The van der Waals surface area contributed by atoms with E-state index >= 15 is 0 Å². The van der Waals surface area contributed by atoms with Crippen LogP contribution in [0.25, 0.3) is 11.6 Å². The van der Waals surface area contributed by atoms with Crippen LogP contribution in [0.3, 0.4) is 0 Å². The van der Waals surface area contributed by atoms with Crippen molar-refractivity contribution in [2.45, 2.75) is 33.1 Å². The van der Waals surface area contributed by atoms with E-state index in [1.165, 1.54) is 9.13 Å². The van der Waals surface area contributed by atoms with Gasteiger partial charge in [0.15, 0.2) is 0 Å². The van der Waals surface area contributed by atoms with Gasteiger partial charge in [0.25, 0.3) is 0 Å². The van der Waals surface area contributed by atoms with Crippen molar-refractivity contribution in [1.29, 1.82) is 0 Å². The van der Waals surface area contributed by atoms with Crippen LogP contribution < -0.4 is 0 Å². The summed E-state index contributed by atoms with van der Waals surface area (Å²) in [7, 11) is 0. The maximum atomic E-state index is 14.4. The molecular formula is C23H22F2N4. The normalized spacial score (nSPS) is 11.8. The molecular weight excluding hydrogens is 370 g/mol. The lowest BCUT2D eigenvalue weighted by Crippen LogP contribution is -2.23. The number of aryl methyl sites for hydroxylation is 2. The number of rotatable bonds is 4. The second-order valence-electron chi connectivity index (χ2n) is 7.71. The zero-order chi connectivity index (χ0) is 20.8. The summed E-state index contributed by atoms with van der Waals surface area (Å²) in [6, 6.07) is 14.5. The van der Waals surface area contributed by atoms with Crippen molar-refractivity contribution in [2.24, 2.45) is 0 Å². The van der Waals surface area contributed by atoms with Gasteiger partial charge >= 0.3 is 0 Å². The summed E-state index contributed by atoms with van der Waals surface area (Å²) in [5.74, 6) is 0.353. The van der Waals surface area contributed by atoms with Crippen LogP contribution in [-0.2, 0) is 5.41 Å². The number of pyridine rings is 2. The van der Waals surface area contributed by atoms with Gasteiger partial charge in [0.1, 0.15) is 11.6 Å². The zero-order valence-electron chi connectivity index (χ0n) is 16.8. The minimum atomic E-state index is -0.566. The zero-order valence-corrected chi connectivity index (χ0v) is 16.8. The Morgan fingerprint density at radius 2 is 1.10 bits per heavy atom. The number of aromatic nitrogens is 4. The topological polar surface area (TPSA) is 35.6 Å². The molecule has 4 nitrogen and oxygen atoms in total. The third-order valence-electron chi connectivity index (χ3n) is 5.26. The SMILES string of the molecule is Cc1ccn(-c2cccc(C(C)(C)c3cccc(-n4ccc(C)c4F)n3)n2)c1F. The highest BCUT2D eigenvalue weighted by Crippen LogP contribution is 2.30. The Morgan fingerprint density at radius 3 is 1.45 bits per heavy atom. The van der Waals surface area contributed by atoms with E-state index in [0.717, 1.165) is 11.4 Å². The van der Waals surface area contributed by atoms with Gasteiger partial charge in [0.05, 0.1) is 11.4 Å². The molecule has 148 valence electrons. The largest absolute Gasteiger partial charge is 0.277 e. The van der Waals surface area contributed by atoms with E-state index < -0.39 is 5.41 Å². The molecule has 0 radical (unpaired) electrons. The molecule has 0 fully saturated rings. The third kappa shape index (κ3) is 3.24. The summed E-state index contributed by atoms with van der Waals surface area (Å²) >= 11 is 0. The van der Waals surface area contributed by atoms with Crippen LogP contribution in [0.1, 0.15) is 36.4 Å². The lowest BCUT2D eigenvalue weighted by atomic mass is 9.84. The Labute approximate surface area is 168 Å². The standard InChI is InChI=1S/C23H22F2N4/c1-15-11-13-28(21(15)24)19-9-5-7-17(26-19)23(3,4)18-8-6-10-20(27-18)29-14-12-16(2)22(29)25/h5-14H,1-4H3. The lowest BCUT2D eigenvalue weighted by molar-refractivity contribution is 0.540. The molecule has 0 saturated heterocycles. The Balaban J connectivity index is 1.76. The van der Waals surface area contributed by atoms with Gasteiger partial charge in [-0.2, -0.15) is 8.78 Å². The summed E-state index contributed by atoms with van der Waals surface area (Å²) in [5.41, 5.74) is 2.05. The average Bonchev–Trinajstić information content (AvgIpc) is 3.24. The highest BCUT2D eigenvalue weighted by Gasteiger charge is 2.27. The molecule has 0 saturated carbocycles. The molecule has 0 N–H and O–H groups in total. The van der Waals surface area contributed by atoms with E-state index in [1.54, 1.807) is 50.5 Å². The maximum Gasteiger partial charge on any atom is 0.202 e. The quantitative estimate of drug-likeness (QED) is 0.474. The van der Waals surface area contributed by atoms with Gasteiger partial charge in [0, 0.05) is 28.9 Å². The highest BCUT2D eigenvalue weighted by molar-refractivity contribution is 5.37. The molecule has 0 aliphatic heterocycles. The lowest BCUT2D eigenvalue weighted by Gasteiger charge is -2.25. The van der Waals surface area contributed by atoms with E-state index in [0.29, 0.717) is 22.8 Å². The second kappa shape index (κ2) is 6.95. The van der Waals surface area contributed by atoms with Crippen LogP contribution >= 0.6 is 0 Å². The minimum absolute atomic E-state index is 0.328. The van der Waals surface area contributed by atoms with Crippen molar-refractivity contribution in [3.8, 4) is 11.6 Å². The molecule has 6 heteroatoms. The van der Waals surface area contributed by atoms with Crippen molar-refractivity contribution < 1.29 is 8.78 Å². The summed E-state index contributed by atoms with van der Waals surface area (Å²) in [6.07, 6.45) is 3.33. The van der Waals surface area contributed by atoms with E-state index in [9.17, 15) is 8.78 Å². The molecule has 0 unspecified atom stereocenters. The minimum Gasteiger partial charge on any atom is -0.277 e. The Morgan fingerprint density at radius 1 is 0.690 bits per heavy atom. The first-order valence-electron chi connectivity index (χ1n) is 9.42. The fourth-order valence-electron chi connectivity index (χ4n) is 3.32. The maximum absolute atomic E-state index is 14.4. The van der Waals surface area contributed by atoms with Gasteiger partial charge in [-0.15, -0.1) is 0 Å². The summed E-state index contributed by atoms with van der Waals surface area (Å²) in [6.45, 7) is 7.44. The molecule has 4 aromatic heterocycles. The van der Waals surface area contributed by atoms with Crippen molar-refractivity contribution in [1.82, 2.24) is 19.1 Å². The Hall–Kier alpha value is -3.28. The highest BCUT2D eigenvalue weighted by atomic mass is 19.1. The smallest absolute Gasteiger partial charge is 0.202 e. The summed E-state index contributed by atoms with van der Waals surface area (Å²) in [5, 5.41) is 0. The van der Waals surface area contributed by atoms with E-state index in [-0.39, 0.29) is 11.9 Å². The number of hydrogen-bond acceptors (Lipinski definition) is 2. The molecule has 29 heavy (non-hydrogen) atoms. The number of halogens is 2. The van der Waals surface area contributed by atoms with Gasteiger partial charge < -0.3 is 0 Å². The Bertz CT molecular complexity index is 1100. The first-order valence-corrected chi connectivity index (χ1v) is 9.42. The van der Waals surface area contributed by atoms with Gasteiger partial charge in [-0.05, 0) is 64.1 Å². The van der Waals surface area contributed by atoms with E-state index in [2.05, 4.69) is 0 Å². The average molecular weight is 392 g/mol. The number of hydrogen-bond donors (Lipinski definition) is 0. The van der Waals surface area contributed by atoms with Crippen LogP contribution in [0.2, 0.25) is 0 Å². The predicted octanol–water partition coefficient (Wildman–Crippen LogP) is 5.28. The van der Waals surface area contributed by atoms with Gasteiger partial charge in [-0.25, -0.2) is 9.97 Å². The summed E-state index contributed by atoms with van der Waals surface area (Å²) < 4.78 is 31.6. The van der Waals surface area contributed by atoms with E-state index in [1.807, 2.05) is 38.1 Å². The van der Waals surface area contributed by atoms with Gasteiger partial charge in [-0.1, -0.05) is 12.1 Å². The fraction of sp³-hybridized carbons (Fsp3) is 0.217. The van der Waals surface area contributed by atoms with Crippen molar-refractivity contribution in [2.75, 3.05) is 0 Å². The van der Waals surface area contributed by atoms with Crippen molar-refractivity contribution in [3.05, 3.63) is 95.3 Å². The van der Waals surface area contributed by atoms with Crippen molar-refractivity contribution in [3.63, 3.8) is 0 Å². The van der Waals surface area contributed by atoms with Crippen LogP contribution in [0.4, 0.5) is 8.78 Å². The molecule has 0 aliphatic carbocycles. The van der Waals surface area contributed by atoms with Crippen LogP contribution in [0.5, 0.6) is 0 Å². The van der Waals surface area contributed by atoms with Crippen molar-refractivity contribution >= 4 is 0 Å². The molecule has 4 heterocycles. The first-order chi connectivity index (χ1) is 13.8. The molecule has 4 rings (SSSR count). The molecule has 0 amide bonds. The van der Waals surface area contributed by atoms with Gasteiger partial charge in [0.2, 0.25) is 11.9 Å². The van der Waals surface area contributed by atoms with E-state index in [4.69, 9.17) is 9.97 Å². The van der Waals surface area contributed by atoms with Crippen LogP contribution in [0, 0.1) is 25.7 Å². The third-order valence-corrected chi connectivity index (χ3v) is 5.26. The summed E-state index contributed by atoms with van der Waals surface area (Å²) in [4.78, 5) is 9.38. The fourth-order valence-corrected chi connectivity index (χ4v) is 3.32. The first kappa shape index (κ1) is 19.1. The molecule has 0 aromatic carbocycles. The molecule has 4 aromatic rings.